The molecule has 2 heteroatoms. The molecule has 0 N–H and O–H groups in total. The summed E-state index contributed by atoms with van der Waals surface area (Å²) in [5.74, 6) is 1.07. The maximum atomic E-state index is 4.67. The Kier molecular flexibility index (Phi) is 2.02. The summed E-state index contributed by atoms with van der Waals surface area (Å²) in [6, 6.07) is 4.34. The Morgan fingerprint density at radius 3 is 2.57 bits per heavy atom. The minimum Gasteiger partial charge on any atom is -0.363 e. The summed E-state index contributed by atoms with van der Waals surface area (Å²) in [5.41, 5.74) is 3.13. The molecule has 0 atom stereocenters. The second-order valence-corrected chi connectivity index (χ2v) is 5.19. The van der Waals surface area contributed by atoms with Crippen LogP contribution in [0.2, 0.25) is 0 Å². The van der Waals surface area contributed by atoms with E-state index in [1.807, 2.05) is 14.1 Å². The van der Waals surface area contributed by atoms with Gasteiger partial charge in [-0.2, -0.15) is 0 Å². The van der Waals surface area contributed by atoms with Crippen molar-refractivity contribution in [3.8, 4) is 0 Å². The van der Waals surface area contributed by atoms with Crippen LogP contribution < -0.4 is 4.90 Å². The van der Waals surface area contributed by atoms with E-state index >= 15 is 0 Å². The van der Waals surface area contributed by atoms with E-state index in [-0.39, 0.29) is 0 Å². The average molecular weight is 190 g/mol. The highest BCUT2D eigenvalue weighted by Gasteiger charge is 2.29. The SMILES string of the molecule is CN(C)c1ccc2c(n1)CC(C)(C)C2. The Bertz CT molecular complexity index is 353. The van der Waals surface area contributed by atoms with Crippen LogP contribution in [0.1, 0.15) is 25.1 Å². The first-order valence-corrected chi connectivity index (χ1v) is 5.14. The summed E-state index contributed by atoms with van der Waals surface area (Å²) < 4.78 is 0. The number of anilines is 1. The van der Waals surface area contributed by atoms with Gasteiger partial charge in [-0.3, -0.25) is 0 Å². The highest BCUT2D eigenvalue weighted by molar-refractivity contribution is 5.42. The van der Waals surface area contributed by atoms with Gasteiger partial charge in [0, 0.05) is 19.8 Å². The first-order valence-electron chi connectivity index (χ1n) is 5.14. The van der Waals surface area contributed by atoms with Crippen molar-refractivity contribution < 1.29 is 0 Å². The highest BCUT2D eigenvalue weighted by Crippen LogP contribution is 2.35. The molecule has 0 unspecified atom stereocenters. The van der Waals surface area contributed by atoms with Gasteiger partial charge >= 0.3 is 0 Å². The molecule has 0 spiro atoms. The highest BCUT2D eigenvalue weighted by atomic mass is 15.1. The minimum atomic E-state index is 0.403. The molecule has 1 aliphatic carbocycles. The van der Waals surface area contributed by atoms with E-state index in [0.29, 0.717) is 5.41 Å². The lowest BCUT2D eigenvalue weighted by molar-refractivity contribution is 0.390. The van der Waals surface area contributed by atoms with Gasteiger partial charge in [-0.15, -0.1) is 0 Å². The summed E-state index contributed by atoms with van der Waals surface area (Å²) in [6.07, 6.45) is 2.28. The van der Waals surface area contributed by atoms with E-state index < -0.39 is 0 Å². The molecule has 14 heavy (non-hydrogen) atoms. The first kappa shape index (κ1) is 9.50. The van der Waals surface area contributed by atoms with E-state index in [4.69, 9.17) is 0 Å². The van der Waals surface area contributed by atoms with Crippen molar-refractivity contribution in [2.75, 3.05) is 19.0 Å². The molecule has 0 saturated carbocycles. The molecule has 0 fully saturated rings. The molecule has 2 nitrogen and oxygen atoms in total. The van der Waals surface area contributed by atoms with Crippen LogP contribution in [-0.2, 0) is 12.8 Å². The van der Waals surface area contributed by atoms with Gasteiger partial charge in [0.2, 0.25) is 0 Å². The van der Waals surface area contributed by atoms with Crippen LogP contribution in [0.25, 0.3) is 0 Å². The molecule has 0 aromatic carbocycles. The largest absolute Gasteiger partial charge is 0.363 e. The van der Waals surface area contributed by atoms with Crippen molar-refractivity contribution in [1.29, 1.82) is 0 Å². The lowest BCUT2D eigenvalue weighted by Crippen LogP contribution is -2.12. The van der Waals surface area contributed by atoms with Gasteiger partial charge in [-0.25, -0.2) is 4.98 Å². The summed E-state index contributed by atoms with van der Waals surface area (Å²) in [5, 5.41) is 0. The Labute approximate surface area is 86.0 Å². The second kappa shape index (κ2) is 2.97. The molecule has 0 radical (unpaired) electrons. The number of hydrogen-bond donors (Lipinski definition) is 0. The van der Waals surface area contributed by atoms with Crippen LogP contribution >= 0.6 is 0 Å². The van der Waals surface area contributed by atoms with Gasteiger partial charge in [0.15, 0.2) is 0 Å². The summed E-state index contributed by atoms with van der Waals surface area (Å²) in [6.45, 7) is 4.62. The number of hydrogen-bond acceptors (Lipinski definition) is 2. The molecule has 1 aromatic heterocycles. The number of pyridine rings is 1. The lowest BCUT2D eigenvalue weighted by atomic mass is 9.91. The monoisotopic (exact) mass is 190 g/mol. The van der Waals surface area contributed by atoms with Crippen LogP contribution in [0, 0.1) is 5.41 Å². The van der Waals surface area contributed by atoms with Gasteiger partial charge in [0.05, 0.1) is 0 Å². The maximum Gasteiger partial charge on any atom is 0.128 e. The molecule has 76 valence electrons. The van der Waals surface area contributed by atoms with Gasteiger partial charge in [0.1, 0.15) is 5.82 Å². The molecule has 1 aliphatic rings. The van der Waals surface area contributed by atoms with Gasteiger partial charge < -0.3 is 4.90 Å². The predicted octanol–water partition coefficient (Wildman–Crippen LogP) is 2.27. The van der Waals surface area contributed by atoms with Gasteiger partial charge in [-0.1, -0.05) is 19.9 Å². The molecule has 0 bridgehead atoms. The van der Waals surface area contributed by atoms with Crippen molar-refractivity contribution in [3.63, 3.8) is 0 Å². The third-order valence-corrected chi connectivity index (χ3v) is 2.83. The van der Waals surface area contributed by atoms with Crippen molar-refractivity contribution in [3.05, 3.63) is 23.4 Å². The zero-order valence-electron chi connectivity index (χ0n) is 9.46. The Morgan fingerprint density at radius 1 is 1.21 bits per heavy atom. The third-order valence-electron chi connectivity index (χ3n) is 2.83. The van der Waals surface area contributed by atoms with E-state index in [0.717, 1.165) is 12.2 Å². The van der Waals surface area contributed by atoms with Crippen molar-refractivity contribution in [2.24, 2.45) is 5.41 Å². The van der Waals surface area contributed by atoms with Gasteiger partial charge in [0.25, 0.3) is 0 Å². The van der Waals surface area contributed by atoms with Crippen LogP contribution in [-0.4, -0.2) is 19.1 Å². The zero-order valence-corrected chi connectivity index (χ0v) is 9.46. The minimum absolute atomic E-state index is 0.403. The fourth-order valence-corrected chi connectivity index (χ4v) is 2.11. The summed E-state index contributed by atoms with van der Waals surface area (Å²) in [4.78, 5) is 6.74. The molecule has 0 amide bonds. The normalized spacial score (nSPS) is 18.0. The first-order chi connectivity index (χ1) is 6.48. The second-order valence-electron chi connectivity index (χ2n) is 5.19. The van der Waals surface area contributed by atoms with E-state index in [9.17, 15) is 0 Å². The third kappa shape index (κ3) is 1.61. The van der Waals surface area contributed by atoms with Crippen molar-refractivity contribution in [1.82, 2.24) is 4.98 Å². The molecular formula is C12H18N2. The quantitative estimate of drug-likeness (QED) is 0.675. The zero-order chi connectivity index (χ0) is 10.3. The van der Waals surface area contributed by atoms with Crippen LogP contribution in [0.3, 0.4) is 0 Å². The summed E-state index contributed by atoms with van der Waals surface area (Å²) in [7, 11) is 4.07. The number of rotatable bonds is 1. The molecular weight excluding hydrogens is 172 g/mol. The van der Waals surface area contributed by atoms with E-state index in [1.54, 1.807) is 0 Å². The number of aromatic nitrogens is 1. The fourth-order valence-electron chi connectivity index (χ4n) is 2.11. The number of fused-ring (bicyclic) bond motifs is 1. The maximum absolute atomic E-state index is 4.67. The van der Waals surface area contributed by atoms with Crippen LogP contribution in [0.5, 0.6) is 0 Å². The predicted molar refractivity (Wildman–Crippen MR) is 59.8 cm³/mol. The van der Waals surface area contributed by atoms with Crippen molar-refractivity contribution in [2.45, 2.75) is 26.7 Å². The standard InChI is InChI=1S/C12H18N2/c1-12(2)7-9-5-6-11(14(3)4)13-10(9)8-12/h5-6H,7-8H2,1-4H3. The molecule has 1 aromatic rings. The van der Waals surface area contributed by atoms with E-state index in [1.165, 1.54) is 17.7 Å². The summed E-state index contributed by atoms with van der Waals surface area (Å²) >= 11 is 0. The topological polar surface area (TPSA) is 16.1 Å². The molecule has 0 saturated heterocycles. The average Bonchev–Trinajstić information content (AvgIpc) is 2.36. The lowest BCUT2D eigenvalue weighted by Gasteiger charge is -2.14. The Morgan fingerprint density at radius 2 is 1.93 bits per heavy atom. The van der Waals surface area contributed by atoms with E-state index in [2.05, 4.69) is 35.9 Å². The van der Waals surface area contributed by atoms with Crippen LogP contribution in [0.4, 0.5) is 5.82 Å². The Balaban J connectivity index is 2.36. The van der Waals surface area contributed by atoms with Gasteiger partial charge in [-0.05, 0) is 29.9 Å². The van der Waals surface area contributed by atoms with Crippen molar-refractivity contribution >= 4 is 5.82 Å². The van der Waals surface area contributed by atoms with Crippen LogP contribution in [0.15, 0.2) is 12.1 Å². The number of nitrogens with zero attached hydrogens (tertiary/aromatic N) is 2. The fraction of sp³-hybridized carbons (Fsp3) is 0.583. The smallest absolute Gasteiger partial charge is 0.128 e. The molecule has 2 rings (SSSR count). The molecule has 0 aliphatic heterocycles. The molecule has 1 heterocycles. The Hall–Kier alpha value is -1.05.